The lowest BCUT2D eigenvalue weighted by molar-refractivity contribution is -0.142. The molecular formula is C19H27N3O3S. The van der Waals surface area contributed by atoms with E-state index < -0.39 is 10.0 Å². The molecule has 0 N–H and O–H groups in total. The minimum atomic E-state index is -3.48. The second-order valence-corrected chi connectivity index (χ2v) is 9.71. The zero-order valence-electron chi connectivity index (χ0n) is 15.3. The summed E-state index contributed by atoms with van der Waals surface area (Å²) in [6.45, 7) is 5.72. The summed E-state index contributed by atoms with van der Waals surface area (Å²) in [6, 6.07) is 6.98. The average molecular weight is 378 g/mol. The molecule has 0 aromatic heterocycles. The van der Waals surface area contributed by atoms with Crippen molar-refractivity contribution in [3.05, 3.63) is 29.8 Å². The lowest BCUT2D eigenvalue weighted by atomic mass is 9.83. The van der Waals surface area contributed by atoms with Crippen molar-refractivity contribution in [2.24, 2.45) is 5.92 Å². The van der Waals surface area contributed by atoms with Crippen molar-refractivity contribution in [1.29, 1.82) is 0 Å². The number of aryl methyl sites for hydroxylation is 1. The smallest absolute Gasteiger partial charge is 0.243 e. The second-order valence-electron chi connectivity index (χ2n) is 7.77. The predicted octanol–water partition coefficient (Wildman–Crippen LogP) is 1.31. The SMILES string of the molecule is Cc1ccc(S(=O)(=O)N2CCN(C(=O)C3CC4CCN3CC4)CC2)cc1. The summed E-state index contributed by atoms with van der Waals surface area (Å²) in [5.41, 5.74) is 1.04. The van der Waals surface area contributed by atoms with Crippen molar-refractivity contribution in [2.75, 3.05) is 39.3 Å². The van der Waals surface area contributed by atoms with Gasteiger partial charge in [0.1, 0.15) is 0 Å². The van der Waals surface area contributed by atoms with Crippen molar-refractivity contribution in [2.45, 2.75) is 37.1 Å². The molecular weight excluding hydrogens is 350 g/mol. The van der Waals surface area contributed by atoms with Crippen LogP contribution >= 0.6 is 0 Å². The molecule has 4 aliphatic rings. The molecule has 1 unspecified atom stereocenters. The third kappa shape index (κ3) is 3.28. The van der Waals surface area contributed by atoms with Crippen molar-refractivity contribution in [1.82, 2.24) is 14.1 Å². The molecule has 0 aliphatic carbocycles. The van der Waals surface area contributed by atoms with Crippen LogP contribution in [0.15, 0.2) is 29.2 Å². The molecule has 4 aliphatic heterocycles. The predicted molar refractivity (Wildman–Crippen MR) is 99.2 cm³/mol. The summed E-state index contributed by atoms with van der Waals surface area (Å²) in [7, 11) is -3.48. The first-order valence-corrected chi connectivity index (χ1v) is 11.0. The fraction of sp³-hybridized carbons (Fsp3) is 0.632. The topological polar surface area (TPSA) is 60.9 Å². The van der Waals surface area contributed by atoms with Crippen LogP contribution in [0, 0.1) is 12.8 Å². The van der Waals surface area contributed by atoms with E-state index in [4.69, 9.17) is 0 Å². The second kappa shape index (κ2) is 6.94. The molecule has 1 aromatic rings. The van der Waals surface area contributed by atoms with Gasteiger partial charge in [-0.2, -0.15) is 4.31 Å². The molecule has 4 heterocycles. The number of fused-ring (bicyclic) bond motifs is 3. The number of hydrogen-bond donors (Lipinski definition) is 0. The van der Waals surface area contributed by atoms with E-state index in [2.05, 4.69) is 4.90 Å². The Morgan fingerprint density at radius 3 is 2.12 bits per heavy atom. The Bertz CT molecular complexity index is 762. The Morgan fingerprint density at radius 2 is 1.58 bits per heavy atom. The summed E-state index contributed by atoms with van der Waals surface area (Å²) in [5.74, 6) is 0.888. The molecule has 6 nitrogen and oxygen atoms in total. The van der Waals surface area contributed by atoms with Crippen LogP contribution in [0.3, 0.4) is 0 Å². The minimum Gasteiger partial charge on any atom is -0.339 e. The molecule has 2 bridgehead atoms. The summed E-state index contributed by atoms with van der Waals surface area (Å²) < 4.78 is 27.1. The Balaban J connectivity index is 1.39. The van der Waals surface area contributed by atoms with E-state index in [0.717, 1.165) is 25.1 Å². The van der Waals surface area contributed by atoms with Crippen LogP contribution < -0.4 is 0 Å². The molecule has 0 spiro atoms. The van der Waals surface area contributed by atoms with Gasteiger partial charge in [0, 0.05) is 26.2 Å². The standard InChI is InChI=1S/C19H27N3O3S/c1-15-2-4-17(5-3-15)26(24,25)22-12-10-21(11-13-22)19(23)18-14-16-6-8-20(18)9-7-16/h2-5,16,18H,6-14H2,1H3. The van der Waals surface area contributed by atoms with Gasteiger partial charge in [0.2, 0.25) is 15.9 Å². The average Bonchev–Trinajstić information content (AvgIpc) is 2.69. The normalized spacial score (nSPS) is 29.7. The maximum absolute atomic E-state index is 12.9. The minimum absolute atomic E-state index is 0.0164. The molecule has 1 amide bonds. The molecule has 142 valence electrons. The maximum atomic E-state index is 12.9. The third-order valence-corrected chi connectivity index (χ3v) is 8.05. The van der Waals surface area contributed by atoms with Crippen LogP contribution in [0.5, 0.6) is 0 Å². The van der Waals surface area contributed by atoms with E-state index in [1.165, 1.54) is 17.1 Å². The van der Waals surface area contributed by atoms with E-state index in [1.54, 1.807) is 12.1 Å². The van der Waals surface area contributed by atoms with Crippen LogP contribution in [0.2, 0.25) is 0 Å². The highest BCUT2D eigenvalue weighted by Gasteiger charge is 2.40. The maximum Gasteiger partial charge on any atom is 0.243 e. The first kappa shape index (κ1) is 17.9. The number of amides is 1. The van der Waals surface area contributed by atoms with Crippen molar-refractivity contribution in [3.63, 3.8) is 0 Å². The Kier molecular flexibility index (Phi) is 4.79. The van der Waals surface area contributed by atoms with Gasteiger partial charge >= 0.3 is 0 Å². The highest BCUT2D eigenvalue weighted by atomic mass is 32.2. The van der Waals surface area contributed by atoms with Crippen LogP contribution in [0.1, 0.15) is 24.8 Å². The van der Waals surface area contributed by atoms with Gasteiger partial charge in [0.15, 0.2) is 0 Å². The van der Waals surface area contributed by atoms with E-state index in [9.17, 15) is 13.2 Å². The van der Waals surface area contributed by atoms with E-state index in [1.807, 2.05) is 24.0 Å². The van der Waals surface area contributed by atoms with Gasteiger partial charge in [-0.1, -0.05) is 17.7 Å². The molecule has 1 atom stereocenters. The Hall–Kier alpha value is -1.44. The first-order chi connectivity index (χ1) is 12.4. The Morgan fingerprint density at radius 1 is 0.962 bits per heavy atom. The van der Waals surface area contributed by atoms with E-state index in [-0.39, 0.29) is 11.9 Å². The molecule has 5 rings (SSSR count). The molecule has 26 heavy (non-hydrogen) atoms. The van der Waals surface area contributed by atoms with Crippen LogP contribution in [-0.4, -0.2) is 73.7 Å². The van der Waals surface area contributed by atoms with Crippen molar-refractivity contribution in [3.8, 4) is 0 Å². The summed E-state index contributed by atoms with van der Waals surface area (Å²) >= 11 is 0. The van der Waals surface area contributed by atoms with Gasteiger partial charge in [-0.15, -0.1) is 0 Å². The molecule has 0 saturated carbocycles. The lowest BCUT2D eigenvalue weighted by Crippen LogP contribution is -2.59. The van der Waals surface area contributed by atoms with Crippen LogP contribution in [0.4, 0.5) is 0 Å². The highest BCUT2D eigenvalue weighted by Crippen LogP contribution is 2.32. The van der Waals surface area contributed by atoms with Crippen LogP contribution in [-0.2, 0) is 14.8 Å². The number of piperidine rings is 3. The van der Waals surface area contributed by atoms with E-state index >= 15 is 0 Å². The van der Waals surface area contributed by atoms with Gasteiger partial charge in [0.25, 0.3) is 0 Å². The fourth-order valence-electron chi connectivity index (χ4n) is 4.44. The van der Waals surface area contributed by atoms with Gasteiger partial charge in [-0.25, -0.2) is 8.42 Å². The number of benzene rings is 1. The summed E-state index contributed by atoms with van der Waals surface area (Å²) in [4.78, 5) is 17.4. The number of carbonyl (C=O) groups excluding carboxylic acids is 1. The molecule has 7 heteroatoms. The molecule has 4 saturated heterocycles. The summed E-state index contributed by atoms with van der Waals surface area (Å²) in [5, 5.41) is 0. The van der Waals surface area contributed by atoms with E-state index in [0.29, 0.717) is 37.0 Å². The van der Waals surface area contributed by atoms with Gasteiger partial charge in [-0.05, 0) is 57.3 Å². The molecule has 0 radical (unpaired) electrons. The number of rotatable bonds is 3. The molecule has 1 aromatic carbocycles. The monoisotopic (exact) mass is 377 g/mol. The van der Waals surface area contributed by atoms with Crippen molar-refractivity contribution < 1.29 is 13.2 Å². The fourth-order valence-corrected chi connectivity index (χ4v) is 5.86. The number of piperazine rings is 1. The zero-order chi connectivity index (χ0) is 18.3. The number of sulfonamides is 1. The Labute approximate surface area is 155 Å². The number of carbonyl (C=O) groups is 1. The van der Waals surface area contributed by atoms with Crippen molar-refractivity contribution >= 4 is 15.9 Å². The van der Waals surface area contributed by atoms with Crippen LogP contribution in [0.25, 0.3) is 0 Å². The quantitative estimate of drug-likeness (QED) is 0.797. The third-order valence-electron chi connectivity index (χ3n) is 6.14. The van der Waals surface area contributed by atoms with Gasteiger partial charge < -0.3 is 4.90 Å². The highest BCUT2D eigenvalue weighted by molar-refractivity contribution is 7.89. The summed E-state index contributed by atoms with van der Waals surface area (Å²) in [6.07, 6.45) is 3.40. The first-order valence-electron chi connectivity index (χ1n) is 9.55. The zero-order valence-corrected chi connectivity index (χ0v) is 16.1. The molecule has 4 fully saturated rings. The lowest BCUT2D eigenvalue weighted by Gasteiger charge is -2.46. The van der Waals surface area contributed by atoms with Gasteiger partial charge in [-0.3, -0.25) is 9.69 Å². The number of hydrogen-bond acceptors (Lipinski definition) is 4. The van der Waals surface area contributed by atoms with Gasteiger partial charge in [0.05, 0.1) is 10.9 Å². The largest absolute Gasteiger partial charge is 0.339 e. The number of nitrogens with zero attached hydrogens (tertiary/aromatic N) is 3.